The highest BCUT2D eigenvalue weighted by Crippen LogP contribution is 2.24. The summed E-state index contributed by atoms with van der Waals surface area (Å²) in [5.41, 5.74) is 6.95. The molecule has 0 atom stereocenters. The van der Waals surface area contributed by atoms with Gasteiger partial charge in [-0.15, -0.1) is 0 Å². The van der Waals surface area contributed by atoms with E-state index >= 15 is 0 Å². The molecule has 0 aliphatic rings. The lowest BCUT2D eigenvalue weighted by Gasteiger charge is -2.11. The van der Waals surface area contributed by atoms with E-state index in [0.717, 1.165) is 22.7 Å². The van der Waals surface area contributed by atoms with Crippen molar-refractivity contribution in [2.45, 2.75) is 13.8 Å². The standard InChI is InChI=1S/C20H20N2/c1-15-8-13-20(16(2)14-15)22-19-11-9-18(10-12-19)21-17-6-4-3-5-7-17/h3-14,21-22H,1-2H3. The van der Waals surface area contributed by atoms with E-state index < -0.39 is 0 Å². The van der Waals surface area contributed by atoms with E-state index in [2.05, 4.69) is 79.1 Å². The smallest absolute Gasteiger partial charge is 0.0414 e. The van der Waals surface area contributed by atoms with Crippen molar-refractivity contribution < 1.29 is 0 Å². The zero-order valence-corrected chi connectivity index (χ0v) is 12.9. The summed E-state index contributed by atoms with van der Waals surface area (Å²) < 4.78 is 0. The SMILES string of the molecule is Cc1ccc(Nc2ccc(Nc3ccccc3)cc2)c(C)c1. The van der Waals surface area contributed by atoms with Crippen LogP contribution in [0.3, 0.4) is 0 Å². The summed E-state index contributed by atoms with van der Waals surface area (Å²) in [7, 11) is 0. The van der Waals surface area contributed by atoms with E-state index in [4.69, 9.17) is 0 Å². The maximum Gasteiger partial charge on any atom is 0.0414 e. The maximum absolute atomic E-state index is 3.46. The molecule has 0 heterocycles. The predicted octanol–water partition coefficient (Wildman–Crippen LogP) is 5.79. The topological polar surface area (TPSA) is 24.1 Å². The van der Waals surface area contributed by atoms with Gasteiger partial charge in [-0.3, -0.25) is 0 Å². The molecule has 0 fully saturated rings. The Morgan fingerprint density at radius 1 is 0.591 bits per heavy atom. The van der Waals surface area contributed by atoms with Gasteiger partial charge in [-0.2, -0.15) is 0 Å². The van der Waals surface area contributed by atoms with Gasteiger partial charge in [0.25, 0.3) is 0 Å². The second kappa shape index (κ2) is 6.35. The Labute approximate surface area is 131 Å². The van der Waals surface area contributed by atoms with Crippen LogP contribution in [0.25, 0.3) is 0 Å². The molecule has 0 spiro atoms. The Bertz CT molecular complexity index is 746. The van der Waals surface area contributed by atoms with Gasteiger partial charge in [-0.1, -0.05) is 35.9 Å². The minimum atomic E-state index is 1.08. The molecule has 0 aliphatic heterocycles. The number of nitrogens with one attached hydrogen (secondary N) is 2. The largest absolute Gasteiger partial charge is 0.356 e. The summed E-state index contributed by atoms with van der Waals surface area (Å²) in [5.74, 6) is 0. The molecule has 0 unspecified atom stereocenters. The molecule has 0 radical (unpaired) electrons. The lowest BCUT2D eigenvalue weighted by Crippen LogP contribution is -1.94. The summed E-state index contributed by atoms with van der Waals surface area (Å²) >= 11 is 0. The number of benzene rings is 3. The number of aryl methyl sites for hydroxylation is 2. The predicted molar refractivity (Wildman–Crippen MR) is 95.4 cm³/mol. The molecule has 0 saturated heterocycles. The van der Waals surface area contributed by atoms with E-state index in [1.165, 1.54) is 11.1 Å². The second-order valence-electron chi connectivity index (χ2n) is 5.51. The molecule has 0 saturated carbocycles. The third kappa shape index (κ3) is 3.47. The molecule has 3 aromatic rings. The number of para-hydroxylation sites is 1. The quantitative estimate of drug-likeness (QED) is 0.635. The van der Waals surface area contributed by atoms with Crippen LogP contribution in [-0.2, 0) is 0 Å². The van der Waals surface area contributed by atoms with Gasteiger partial charge in [-0.25, -0.2) is 0 Å². The minimum Gasteiger partial charge on any atom is -0.356 e. The molecule has 0 aromatic heterocycles. The number of hydrogen-bond donors (Lipinski definition) is 2. The van der Waals surface area contributed by atoms with Crippen LogP contribution < -0.4 is 10.6 Å². The van der Waals surface area contributed by atoms with Gasteiger partial charge in [-0.05, 0) is 61.9 Å². The molecule has 110 valence electrons. The number of rotatable bonds is 4. The fourth-order valence-electron chi connectivity index (χ4n) is 2.43. The van der Waals surface area contributed by atoms with Crippen molar-refractivity contribution >= 4 is 22.7 Å². The van der Waals surface area contributed by atoms with Crippen molar-refractivity contribution in [3.8, 4) is 0 Å². The zero-order valence-electron chi connectivity index (χ0n) is 12.9. The first-order valence-corrected chi connectivity index (χ1v) is 7.47. The van der Waals surface area contributed by atoms with Gasteiger partial charge in [0.05, 0.1) is 0 Å². The highest BCUT2D eigenvalue weighted by molar-refractivity contribution is 5.67. The summed E-state index contributed by atoms with van der Waals surface area (Å²) in [6.45, 7) is 4.24. The Balaban J connectivity index is 1.71. The van der Waals surface area contributed by atoms with Crippen LogP contribution in [0.5, 0.6) is 0 Å². The number of hydrogen-bond acceptors (Lipinski definition) is 2. The average Bonchev–Trinajstić information content (AvgIpc) is 2.53. The summed E-state index contributed by atoms with van der Waals surface area (Å²) in [6.07, 6.45) is 0. The van der Waals surface area contributed by atoms with Crippen LogP contribution in [0.4, 0.5) is 22.7 Å². The molecule has 3 rings (SSSR count). The summed E-state index contributed by atoms with van der Waals surface area (Å²) in [6, 6.07) is 25.0. The third-order valence-electron chi connectivity index (χ3n) is 3.61. The summed E-state index contributed by atoms with van der Waals surface area (Å²) in [5, 5.41) is 6.85. The van der Waals surface area contributed by atoms with E-state index in [9.17, 15) is 0 Å². The van der Waals surface area contributed by atoms with Crippen molar-refractivity contribution in [1.82, 2.24) is 0 Å². The first-order valence-electron chi connectivity index (χ1n) is 7.47. The van der Waals surface area contributed by atoms with Gasteiger partial charge in [0, 0.05) is 22.7 Å². The molecule has 22 heavy (non-hydrogen) atoms. The van der Waals surface area contributed by atoms with Crippen LogP contribution in [0.2, 0.25) is 0 Å². The van der Waals surface area contributed by atoms with Gasteiger partial charge in [0.2, 0.25) is 0 Å². The Hall–Kier alpha value is -2.74. The number of anilines is 4. The maximum atomic E-state index is 3.46. The Morgan fingerprint density at radius 2 is 1.18 bits per heavy atom. The monoisotopic (exact) mass is 288 g/mol. The van der Waals surface area contributed by atoms with Crippen LogP contribution >= 0.6 is 0 Å². The highest BCUT2D eigenvalue weighted by atomic mass is 14.9. The average molecular weight is 288 g/mol. The lowest BCUT2D eigenvalue weighted by molar-refractivity contribution is 1.37. The third-order valence-corrected chi connectivity index (χ3v) is 3.61. The van der Waals surface area contributed by atoms with Crippen LogP contribution in [0, 0.1) is 13.8 Å². The highest BCUT2D eigenvalue weighted by Gasteiger charge is 2.00. The van der Waals surface area contributed by atoms with Crippen molar-refractivity contribution in [2.24, 2.45) is 0 Å². The first kappa shape index (κ1) is 14.2. The van der Waals surface area contributed by atoms with Crippen molar-refractivity contribution in [3.63, 3.8) is 0 Å². The minimum absolute atomic E-state index is 1.08. The summed E-state index contributed by atoms with van der Waals surface area (Å²) in [4.78, 5) is 0. The fraction of sp³-hybridized carbons (Fsp3) is 0.100. The first-order chi connectivity index (χ1) is 10.7. The van der Waals surface area contributed by atoms with Gasteiger partial charge in [0.15, 0.2) is 0 Å². The van der Waals surface area contributed by atoms with Crippen LogP contribution in [-0.4, -0.2) is 0 Å². The molecular formula is C20H20N2. The van der Waals surface area contributed by atoms with E-state index in [1.54, 1.807) is 0 Å². The van der Waals surface area contributed by atoms with Gasteiger partial charge >= 0.3 is 0 Å². The van der Waals surface area contributed by atoms with Crippen LogP contribution in [0.15, 0.2) is 72.8 Å². The Morgan fingerprint density at radius 3 is 1.82 bits per heavy atom. The molecule has 2 N–H and O–H groups in total. The molecule has 2 nitrogen and oxygen atoms in total. The normalized spacial score (nSPS) is 10.3. The molecule has 3 aromatic carbocycles. The van der Waals surface area contributed by atoms with Gasteiger partial charge < -0.3 is 10.6 Å². The Kier molecular flexibility index (Phi) is 4.10. The molecule has 2 heteroatoms. The molecule has 0 bridgehead atoms. The lowest BCUT2D eigenvalue weighted by atomic mass is 10.1. The second-order valence-corrected chi connectivity index (χ2v) is 5.51. The fourth-order valence-corrected chi connectivity index (χ4v) is 2.43. The van der Waals surface area contributed by atoms with E-state index in [0.29, 0.717) is 0 Å². The van der Waals surface area contributed by atoms with Crippen molar-refractivity contribution in [1.29, 1.82) is 0 Å². The molecular weight excluding hydrogens is 268 g/mol. The molecule has 0 amide bonds. The molecule has 0 aliphatic carbocycles. The zero-order chi connectivity index (χ0) is 15.4. The van der Waals surface area contributed by atoms with Crippen molar-refractivity contribution in [2.75, 3.05) is 10.6 Å². The van der Waals surface area contributed by atoms with Crippen LogP contribution in [0.1, 0.15) is 11.1 Å². The van der Waals surface area contributed by atoms with Crippen molar-refractivity contribution in [3.05, 3.63) is 83.9 Å². The van der Waals surface area contributed by atoms with E-state index in [1.807, 2.05) is 18.2 Å². The van der Waals surface area contributed by atoms with E-state index in [-0.39, 0.29) is 0 Å². The van der Waals surface area contributed by atoms with Gasteiger partial charge in [0.1, 0.15) is 0 Å².